The van der Waals surface area contributed by atoms with E-state index in [-0.39, 0.29) is 0 Å². The quantitative estimate of drug-likeness (QED) is 0.810. The van der Waals surface area contributed by atoms with E-state index in [0.717, 1.165) is 31.0 Å². The lowest BCUT2D eigenvalue weighted by molar-refractivity contribution is 0.0914. The average Bonchev–Trinajstić information content (AvgIpc) is 2.27. The molecule has 1 N–H and O–H groups in total. The normalized spacial score (nSPS) is 23.4. The smallest absolute Gasteiger partial charge is 0.141 e. The van der Waals surface area contributed by atoms with Crippen molar-refractivity contribution in [1.29, 1.82) is 0 Å². The van der Waals surface area contributed by atoms with Crippen LogP contribution in [0, 0.1) is 5.82 Å². The standard InChI is InChI=1S/C15H20FNO/c1-15(18,13-9-14(16)11-17-10-13)12-7-5-3-2-4-6-8-12/h7,9-11,18H,2-6,8H2,1H3/b12-7+. The molecule has 0 aliphatic heterocycles. The molecule has 0 radical (unpaired) electrons. The summed E-state index contributed by atoms with van der Waals surface area (Å²) in [6.07, 6.45) is 11.4. The molecular formula is C15H20FNO. The van der Waals surface area contributed by atoms with E-state index in [0.29, 0.717) is 5.56 Å². The van der Waals surface area contributed by atoms with Crippen molar-refractivity contribution in [2.24, 2.45) is 0 Å². The highest BCUT2D eigenvalue weighted by Gasteiger charge is 2.28. The summed E-state index contributed by atoms with van der Waals surface area (Å²) in [6, 6.07) is 1.37. The summed E-state index contributed by atoms with van der Waals surface area (Å²) in [5.74, 6) is -0.404. The number of rotatable bonds is 2. The summed E-state index contributed by atoms with van der Waals surface area (Å²) in [5, 5.41) is 10.7. The molecule has 0 aromatic carbocycles. The molecule has 0 amide bonds. The largest absolute Gasteiger partial charge is 0.381 e. The molecular weight excluding hydrogens is 229 g/mol. The summed E-state index contributed by atoms with van der Waals surface area (Å²) in [6.45, 7) is 1.73. The van der Waals surface area contributed by atoms with Crippen molar-refractivity contribution in [3.8, 4) is 0 Å². The molecule has 0 spiro atoms. The molecule has 18 heavy (non-hydrogen) atoms. The third kappa shape index (κ3) is 2.96. The van der Waals surface area contributed by atoms with Crippen LogP contribution in [0.2, 0.25) is 0 Å². The van der Waals surface area contributed by atoms with Gasteiger partial charge in [0, 0.05) is 11.8 Å². The first-order valence-electron chi connectivity index (χ1n) is 6.63. The number of hydrogen-bond acceptors (Lipinski definition) is 2. The van der Waals surface area contributed by atoms with E-state index >= 15 is 0 Å². The fraction of sp³-hybridized carbons (Fsp3) is 0.533. The fourth-order valence-electron chi connectivity index (χ4n) is 2.50. The highest BCUT2D eigenvalue weighted by Crippen LogP contribution is 2.34. The van der Waals surface area contributed by atoms with Crippen LogP contribution in [0.5, 0.6) is 0 Å². The van der Waals surface area contributed by atoms with Gasteiger partial charge in [0.1, 0.15) is 11.4 Å². The highest BCUT2D eigenvalue weighted by atomic mass is 19.1. The predicted octanol–water partition coefficient (Wildman–Crippen LogP) is 3.71. The third-order valence-corrected chi connectivity index (χ3v) is 3.68. The Morgan fingerprint density at radius 1 is 1.22 bits per heavy atom. The lowest BCUT2D eigenvalue weighted by Gasteiger charge is -2.28. The zero-order valence-electron chi connectivity index (χ0n) is 10.8. The molecule has 1 aromatic heterocycles. The lowest BCUT2D eigenvalue weighted by Crippen LogP contribution is -2.25. The Balaban J connectivity index is 2.28. The Kier molecular flexibility index (Phi) is 4.12. The molecule has 0 fully saturated rings. The van der Waals surface area contributed by atoms with Gasteiger partial charge in [0.05, 0.1) is 6.20 Å². The fourth-order valence-corrected chi connectivity index (χ4v) is 2.50. The van der Waals surface area contributed by atoms with Crippen LogP contribution in [-0.4, -0.2) is 10.1 Å². The molecule has 2 rings (SSSR count). The van der Waals surface area contributed by atoms with E-state index in [2.05, 4.69) is 11.1 Å². The molecule has 1 heterocycles. The maximum atomic E-state index is 13.2. The number of hydrogen-bond donors (Lipinski definition) is 1. The number of pyridine rings is 1. The Bertz CT molecular complexity index is 440. The monoisotopic (exact) mass is 249 g/mol. The minimum absolute atomic E-state index is 0.404. The molecule has 0 saturated heterocycles. The molecule has 0 saturated carbocycles. The van der Waals surface area contributed by atoms with E-state index in [9.17, 15) is 9.50 Å². The summed E-state index contributed by atoms with van der Waals surface area (Å²) in [4.78, 5) is 3.83. The molecule has 1 aliphatic carbocycles. The van der Waals surface area contributed by atoms with Gasteiger partial charge in [0.15, 0.2) is 0 Å². The van der Waals surface area contributed by atoms with Crippen LogP contribution in [0.3, 0.4) is 0 Å². The zero-order chi connectivity index (χ0) is 13.0. The van der Waals surface area contributed by atoms with Gasteiger partial charge in [-0.1, -0.05) is 18.9 Å². The van der Waals surface area contributed by atoms with Gasteiger partial charge in [-0.2, -0.15) is 0 Å². The van der Waals surface area contributed by atoms with Gasteiger partial charge < -0.3 is 5.11 Å². The predicted molar refractivity (Wildman–Crippen MR) is 69.6 cm³/mol. The van der Waals surface area contributed by atoms with E-state index in [1.165, 1.54) is 25.3 Å². The van der Waals surface area contributed by atoms with Crippen molar-refractivity contribution in [3.05, 3.63) is 41.5 Å². The number of allylic oxidation sites excluding steroid dienone is 1. The molecule has 3 heteroatoms. The highest BCUT2D eigenvalue weighted by molar-refractivity contribution is 5.30. The first-order valence-corrected chi connectivity index (χ1v) is 6.63. The van der Waals surface area contributed by atoms with Crippen LogP contribution in [0.15, 0.2) is 30.1 Å². The van der Waals surface area contributed by atoms with Gasteiger partial charge in [0.25, 0.3) is 0 Å². The molecule has 1 aromatic rings. The van der Waals surface area contributed by atoms with Crippen molar-refractivity contribution < 1.29 is 9.50 Å². The Labute approximate surface area is 108 Å². The zero-order valence-corrected chi connectivity index (χ0v) is 10.8. The second kappa shape index (κ2) is 5.61. The van der Waals surface area contributed by atoms with Crippen LogP contribution in [0.25, 0.3) is 0 Å². The Morgan fingerprint density at radius 3 is 2.78 bits per heavy atom. The van der Waals surface area contributed by atoms with E-state index in [1.807, 2.05) is 0 Å². The van der Waals surface area contributed by atoms with Gasteiger partial charge in [-0.25, -0.2) is 4.39 Å². The van der Waals surface area contributed by atoms with Gasteiger partial charge >= 0.3 is 0 Å². The van der Waals surface area contributed by atoms with Crippen LogP contribution >= 0.6 is 0 Å². The summed E-state index contributed by atoms with van der Waals surface area (Å²) < 4.78 is 13.2. The minimum atomic E-state index is -1.10. The van der Waals surface area contributed by atoms with Crippen molar-refractivity contribution in [3.63, 3.8) is 0 Å². The van der Waals surface area contributed by atoms with Gasteiger partial charge in [-0.05, 0) is 44.2 Å². The Hall–Kier alpha value is -1.22. The molecule has 2 nitrogen and oxygen atoms in total. The second-order valence-corrected chi connectivity index (χ2v) is 5.15. The molecule has 1 aliphatic rings. The van der Waals surface area contributed by atoms with Gasteiger partial charge in [-0.3, -0.25) is 4.98 Å². The van der Waals surface area contributed by atoms with Crippen molar-refractivity contribution in [2.45, 2.75) is 51.0 Å². The van der Waals surface area contributed by atoms with Crippen LogP contribution in [0.1, 0.15) is 51.0 Å². The first kappa shape index (κ1) is 13.2. The molecule has 1 atom stereocenters. The van der Waals surface area contributed by atoms with Crippen molar-refractivity contribution in [2.75, 3.05) is 0 Å². The summed E-state index contributed by atoms with van der Waals surface area (Å²) in [7, 11) is 0. The van der Waals surface area contributed by atoms with Crippen LogP contribution < -0.4 is 0 Å². The van der Waals surface area contributed by atoms with Crippen molar-refractivity contribution >= 4 is 0 Å². The maximum absolute atomic E-state index is 13.2. The second-order valence-electron chi connectivity index (χ2n) is 5.15. The number of aliphatic hydroxyl groups is 1. The van der Waals surface area contributed by atoms with Gasteiger partial charge in [-0.15, -0.1) is 0 Å². The van der Waals surface area contributed by atoms with Crippen LogP contribution in [-0.2, 0) is 5.60 Å². The first-order chi connectivity index (χ1) is 8.60. The SMILES string of the molecule is CC(O)(/C1=C/CCCCCC1)c1cncc(F)c1. The Morgan fingerprint density at radius 2 is 2.00 bits per heavy atom. The van der Waals surface area contributed by atoms with Crippen molar-refractivity contribution in [1.82, 2.24) is 4.98 Å². The minimum Gasteiger partial charge on any atom is -0.381 e. The summed E-state index contributed by atoms with van der Waals surface area (Å²) in [5.41, 5.74) is 0.427. The number of nitrogens with zero attached hydrogens (tertiary/aromatic N) is 1. The van der Waals surface area contributed by atoms with E-state index in [4.69, 9.17) is 0 Å². The topological polar surface area (TPSA) is 33.1 Å². The molecule has 98 valence electrons. The van der Waals surface area contributed by atoms with Crippen LogP contribution in [0.4, 0.5) is 4.39 Å². The number of halogens is 1. The summed E-state index contributed by atoms with van der Waals surface area (Å²) >= 11 is 0. The van der Waals surface area contributed by atoms with E-state index < -0.39 is 11.4 Å². The average molecular weight is 249 g/mol. The number of aromatic nitrogens is 1. The molecule has 1 unspecified atom stereocenters. The third-order valence-electron chi connectivity index (χ3n) is 3.68. The van der Waals surface area contributed by atoms with Gasteiger partial charge in [0.2, 0.25) is 0 Å². The van der Waals surface area contributed by atoms with E-state index in [1.54, 1.807) is 13.1 Å². The maximum Gasteiger partial charge on any atom is 0.141 e. The molecule has 0 bridgehead atoms. The lowest BCUT2D eigenvalue weighted by atomic mass is 9.84.